The minimum absolute atomic E-state index is 0.305. The lowest BCUT2D eigenvalue weighted by Gasteiger charge is -2.06. The highest BCUT2D eigenvalue weighted by atomic mass is 15.3. The largest absolute Gasteiger partial charge is 0.273 e. The second-order valence-electron chi connectivity index (χ2n) is 2.98. The predicted molar refractivity (Wildman–Crippen MR) is 48.4 cm³/mol. The zero-order valence-corrected chi connectivity index (χ0v) is 7.62. The van der Waals surface area contributed by atoms with Gasteiger partial charge in [0.05, 0.1) is 6.20 Å². The first kappa shape index (κ1) is 9.22. The highest BCUT2D eigenvalue weighted by Gasteiger charge is 2.02. The van der Waals surface area contributed by atoms with Crippen molar-refractivity contribution in [1.82, 2.24) is 15.2 Å². The van der Waals surface area contributed by atoms with Crippen molar-refractivity contribution in [1.29, 1.82) is 0 Å². The van der Waals surface area contributed by atoms with Gasteiger partial charge in [0.2, 0.25) is 0 Å². The molecule has 1 aromatic rings. The molecule has 1 unspecified atom stereocenters. The summed E-state index contributed by atoms with van der Waals surface area (Å²) in [4.78, 5) is 0. The van der Waals surface area contributed by atoms with E-state index in [1.807, 2.05) is 24.0 Å². The summed E-state index contributed by atoms with van der Waals surface area (Å²) in [5.74, 6) is 5.28. The van der Waals surface area contributed by atoms with Crippen molar-refractivity contribution in [2.75, 3.05) is 0 Å². The summed E-state index contributed by atoms with van der Waals surface area (Å²) in [6.45, 7) is 5.04. The summed E-state index contributed by atoms with van der Waals surface area (Å²) in [7, 11) is 0. The molecule has 0 amide bonds. The maximum Gasteiger partial charge on any atom is 0.0522 e. The lowest BCUT2D eigenvalue weighted by molar-refractivity contribution is 0.567. The van der Waals surface area contributed by atoms with E-state index in [1.165, 1.54) is 5.56 Å². The Balaban J connectivity index is 2.52. The second-order valence-corrected chi connectivity index (χ2v) is 2.98. The fourth-order valence-corrected chi connectivity index (χ4v) is 1.10. The maximum atomic E-state index is 5.28. The number of aromatic nitrogens is 2. The normalized spacial score (nSPS) is 13.2. The molecule has 1 rings (SSSR count). The quantitative estimate of drug-likeness (QED) is 0.502. The summed E-state index contributed by atoms with van der Waals surface area (Å²) in [5.41, 5.74) is 3.93. The minimum Gasteiger partial charge on any atom is -0.273 e. The van der Waals surface area contributed by atoms with Crippen molar-refractivity contribution >= 4 is 0 Å². The van der Waals surface area contributed by atoms with Gasteiger partial charge in [-0.25, -0.2) is 0 Å². The molecule has 0 bridgehead atoms. The van der Waals surface area contributed by atoms with Crippen molar-refractivity contribution in [3.63, 3.8) is 0 Å². The van der Waals surface area contributed by atoms with Crippen LogP contribution in [0.1, 0.15) is 19.4 Å². The van der Waals surface area contributed by atoms with Crippen LogP contribution in [0, 0.1) is 0 Å². The number of aryl methyl sites for hydroxylation is 1. The van der Waals surface area contributed by atoms with Crippen LogP contribution in [0.4, 0.5) is 0 Å². The average molecular weight is 168 g/mol. The van der Waals surface area contributed by atoms with Crippen molar-refractivity contribution in [3.8, 4) is 0 Å². The molecule has 0 aliphatic heterocycles. The van der Waals surface area contributed by atoms with E-state index >= 15 is 0 Å². The van der Waals surface area contributed by atoms with E-state index in [0.29, 0.717) is 6.04 Å². The van der Waals surface area contributed by atoms with Crippen LogP contribution in [0.15, 0.2) is 12.4 Å². The Morgan fingerprint density at radius 3 is 3.00 bits per heavy atom. The second kappa shape index (κ2) is 4.23. The Labute approximate surface area is 72.7 Å². The third-order valence-corrected chi connectivity index (χ3v) is 1.84. The molecular formula is C8H16N4. The Kier molecular flexibility index (Phi) is 3.25. The Morgan fingerprint density at radius 2 is 2.50 bits per heavy atom. The molecule has 3 N–H and O–H groups in total. The number of nitrogens with zero attached hydrogens (tertiary/aromatic N) is 2. The van der Waals surface area contributed by atoms with Crippen LogP contribution in [0.5, 0.6) is 0 Å². The number of nitrogens with two attached hydrogens (primary N) is 1. The Bertz CT molecular complexity index is 231. The smallest absolute Gasteiger partial charge is 0.0522 e. The van der Waals surface area contributed by atoms with Gasteiger partial charge in [0.25, 0.3) is 0 Å². The molecule has 4 heteroatoms. The van der Waals surface area contributed by atoms with Gasteiger partial charge in [-0.15, -0.1) is 0 Å². The maximum absolute atomic E-state index is 5.28. The molecule has 0 spiro atoms. The van der Waals surface area contributed by atoms with Gasteiger partial charge in [-0.3, -0.25) is 16.0 Å². The van der Waals surface area contributed by atoms with Gasteiger partial charge >= 0.3 is 0 Å². The molecule has 1 aromatic heterocycles. The molecule has 0 radical (unpaired) electrons. The van der Waals surface area contributed by atoms with E-state index in [4.69, 9.17) is 5.84 Å². The van der Waals surface area contributed by atoms with Crippen LogP contribution < -0.4 is 11.3 Å². The summed E-state index contributed by atoms with van der Waals surface area (Å²) in [5, 5.41) is 4.17. The number of hydrogen-bond acceptors (Lipinski definition) is 3. The molecule has 0 saturated carbocycles. The first-order valence-electron chi connectivity index (χ1n) is 4.23. The standard InChI is InChI=1S/C8H16N4/c1-3-12-6-8(5-10-12)4-7(2)11-9/h5-7,11H,3-4,9H2,1-2H3. The van der Waals surface area contributed by atoms with Crippen LogP contribution in [-0.4, -0.2) is 15.8 Å². The van der Waals surface area contributed by atoms with Crippen molar-refractivity contribution in [2.45, 2.75) is 32.9 Å². The highest BCUT2D eigenvalue weighted by Crippen LogP contribution is 2.01. The first-order valence-corrected chi connectivity index (χ1v) is 4.23. The number of rotatable bonds is 4. The minimum atomic E-state index is 0.305. The lowest BCUT2D eigenvalue weighted by atomic mass is 10.1. The number of hydrazine groups is 1. The molecule has 4 nitrogen and oxygen atoms in total. The first-order chi connectivity index (χ1) is 5.76. The predicted octanol–water partition coefficient (Wildman–Crippen LogP) is 0.297. The molecule has 68 valence electrons. The molecule has 0 aliphatic carbocycles. The third-order valence-electron chi connectivity index (χ3n) is 1.84. The summed E-state index contributed by atoms with van der Waals surface area (Å²) >= 11 is 0. The molecule has 0 aromatic carbocycles. The molecule has 1 heterocycles. The van der Waals surface area contributed by atoms with E-state index < -0.39 is 0 Å². The zero-order chi connectivity index (χ0) is 8.97. The molecular weight excluding hydrogens is 152 g/mol. The van der Waals surface area contributed by atoms with Gasteiger partial charge < -0.3 is 0 Å². The van der Waals surface area contributed by atoms with E-state index in [2.05, 4.69) is 17.4 Å². The van der Waals surface area contributed by atoms with Crippen molar-refractivity contribution in [3.05, 3.63) is 18.0 Å². The third kappa shape index (κ3) is 2.32. The SMILES string of the molecule is CCn1cc(CC(C)NN)cn1. The van der Waals surface area contributed by atoms with Crippen LogP contribution in [0.3, 0.4) is 0 Å². The van der Waals surface area contributed by atoms with E-state index in [9.17, 15) is 0 Å². The van der Waals surface area contributed by atoms with E-state index in [0.717, 1.165) is 13.0 Å². The average Bonchev–Trinajstić information content (AvgIpc) is 2.52. The Morgan fingerprint density at radius 1 is 1.75 bits per heavy atom. The molecule has 0 fully saturated rings. The number of nitrogens with one attached hydrogen (secondary N) is 1. The molecule has 0 saturated heterocycles. The van der Waals surface area contributed by atoms with Gasteiger partial charge in [0, 0.05) is 18.8 Å². The van der Waals surface area contributed by atoms with Crippen molar-refractivity contribution < 1.29 is 0 Å². The summed E-state index contributed by atoms with van der Waals surface area (Å²) in [6, 6.07) is 0.305. The van der Waals surface area contributed by atoms with E-state index in [1.54, 1.807) is 0 Å². The van der Waals surface area contributed by atoms with Gasteiger partial charge in [0.1, 0.15) is 0 Å². The van der Waals surface area contributed by atoms with Gasteiger partial charge in [0.15, 0.2) is 0 Å². The topological polar surface area (TPSA) is 55.9 Å². The monoisotopic (exact) mass is 168 g/mol. The van der Waals surface area contributed by atoms with Crippen LogP contribution in [-0.2, 0) is 13.0 Å². The van der Waals surface area contributed by atoms with E-state index in [-0.39, 0.29) is 0 Å². The molecule has 12 heavy (non-hydrogen) atoms. The highest BCUT2D eigenvalue weighted by molar-refractivity contribution is 5.05. The Hall–Kier alpha value is -0.870. The molecule has 1 atom stereocenters. The van der Waals surface area contributed by atoms with Gasteiger partial charge in [-0.05, 0) is 25.8 Å². The fraction of sp³-hybridized carbons (Fsp3) is 0.625. The fourth-order valence-electron chi connectivity index (χ4n) is 1.10. The summed E-state index contributed by atoms with van der Waals surface area (Å²) in [6.07, 6.45) is 4.86. The molecule has 0 aliphatic rings. The number of hydrogen-bond donors (Lipinski definition) is 2. The lowest BCUT2D eigenvalue weighted by Crippen LogP contribution is -2.33. The summed E-state index contributed by atoms with van der Waals surface area (Å²) < 4.78 is 1.92. The van der Waals surface area contributed by atoms with Crippen LogP contribution in [0.25, 0.3) is 0 Å². The van der Waals surface area contributed by atoms with Crippen LogP contribution >= 0.6 is 0 Å². The zero-order valence-electron chi connectivity index (χ0n) is 7.62. The van der Waals surface area contributed by atoms with Gasteiger partial charge in [-0.2, -0.15) is 5.10 Å². The van der Waals surface area contributed by atoms with Crippen molar-refractivity contribution in [2.24, 2.45) is 5.84 Å². The van der Waals surface area contributed by atoms with Crippen LogP contribution in [0.2, 0.25) is 0 Å². The van der Waals surface area contributed by atoms with Gasteiger partial charge in [-0.1, -0.05) is 0 Å².